The Morgan fingerprint density at radius 2 is 1.72 bits per heavy atom. The lowest BCUT2D eigenvalue weighted by Gasteiger charge is -2.36. The molecule has 6 rings (SSSR count). The normalized spacial score (nSPS) is 14.5. The van der Waals surface area contributed by atoms with E-state index >= 15 is 0 Å². The molecule has 3 heterocycles. The van der Waals surface area contributed by atoms with E-state index in [1.807, 2.05) is 86.0 Å². The van der Waals surface area contributed by atoms with Crippen molar-refractivity contribution in [2.24, 2.45) is 0 Å². The van der Waals surface area contributed by atoms with E-state index in [2.05, 4.69) is 57.6 Å². The van der Waals surface area contributed by atoms with Crippen LogP contribution in [0.25, 0.3) is 22.2 Å². The third-order valence-corrected chi connectivity index (χ3v) is 10.0. The molecule has 10 heteroatoms. The molecule has 3 aromatic carbocycles. The van der Waals surface area contributed by atoms with Gasteiger partial charge in [-0.2, -0.15) is 0 Å². The number of fused-ring (bicyclic) bond motifs is 1. The second-order valence-corrected chi connectivity index (χ2v) is 13.4. The van der Waals surface area contributed by atoms with Gasteiger partial charge in [-0.1, -0.05) is 78.3 Å². The number of amides is 2. The number of aromatic amines is 1. The molecule has 5 aromatic rings. The van der Waals surface area contributed by atoms with Crippen LogP contribution in [-0.2, 0) is 4.79 Å². The summed E-state index contributed by atoms with van der Waals surface area (Å²) in [5, 5.41) is 5.23. The van der Waals surface area contributed by atoms with Crippen LogP contribution >= 0.6 is 23.2 Å². The molecule has 0 aliphatic carbocycles. The quantitative estimate of drug-likeness (QED) is 0.134. The van der Waals surface area contributed by atoms with Gasteiger partial charge in [-0.05, 0) is 86.0 Å². The molecule has 1 fully saturated rings. The van der Waals surface area contributed by atoms with Crippen LogP contribution in [0.2, 0.25) is 10.0 Å². The van der Waals surface area contributed by atoms with Crippen LogP contribution in [-0.4, -0.2) is 58.3 Å². The van der Waals surface area contributed by atoms with Gasteiger partial charge in [0.15, 0.2) is 5.82 Å². The van der Waals surface area contributed by atoms with Crippen molar-refractivity contribution in [1.29, 1.82) is 0 Å². The summed E-state index contributed by atoms with van der Waals surface area (Å²) in [6.45, 7) is 9.84. The Labute approximate surface area is 303 Å². The maximum absolute atomic E-state index is 14.6. The summed E-state index contributed by atoms with van der Waals surface area (Å²) in [4.78, 5) is 40.1. The number of piperidine rings is 1. The van der Waals surface area contributed by atoms with Crippen LogP contribution in [0.5, 0.6) is 0 Å². The number of nitrogens with one attached hydrogen (secondary N) is 2. The van der Waals surface area contributed by atoms with Gasteiger partial charge in [-0.25, -0.2) is 4.98 Å². The Hall–Kier alpha value is -5.05. The van der Waals surface area contributed by atoms with Crippen molar-refractivity contribution < 1.29 is 9.59 Å². The first kappa shape index (κ1) is 34.8. The second-order valence-electron chi connectivity index (χ2n) is 12.5. The summed E-state index contributed by atoms with van der Waals surface area (Å²) in [7, 11) is 1.82. The Balaban J connectivity index is 1.47. The van der Waals surface area contributed by atoms with E-state index in [4.69, 9.17) is 23.2 Å². The molecule has 1 unspecified atom stereocenters. The van der Waals surface area contributed by atoms with Crippen LogP contribution in [0.4, 0.5) is 11.5 Å². The highest BCUT2D eigenvalue weighted by atomic mass is 35.5. The fraction of sp³-hybridized carbons (Fsp3) is 0.225. The second kappa shape index (κ2) is 15.2. The number of H-pyrrole nitrogens is 1. The average molecular weight is 708 g/mol. The van der Waals surface area contributed by atoms with Gasteiger partial charge in [0.2, 0.25) is 6.41 Å². The highest BCUT2D eigenvalue weighted by Crippen LogP contribution is 2.41. The first-order valence-corrected chi connectivity index (χ1v) is 17.4. The number of pyridine rings is 1. The van der Waals surface area contributed by atoms with Crippen LogP contribution in [0, 0.1) is 0 Å². The minimum absolute atomic E-state index is 0.169. The lowest BCUT2D eigenvalue weighted by molar-refractivity contribution is -0.119. The minimum Gasteiger partial charge on any atom is -0.355 e. The van der Waals surface area contributed by atoms with E-state index in [1.54, 1.807) is 11.1 Å². The number of halogens is 2. The predicted octanol–water partition coefficient (Wildman–Crippen LogP) is 9.27. The first-order valence-electron chi connectivity index (χ1n) is 16.6. The molecule has 0 saturated carbocycles. The molecule has 256 valence electrons. The monoisotopic (exact) mass is 706 g/mol. The molecular weight excluding hydrogens is 667 g/mol. The summed E-state index contributed by atoms with van der Waals surface area (Å²) >= 11 is 12.8. The van der Waals surface area contributed by atoms with Gasteiger partial charge in [0.1, 0.15) is 5.69 Å². The molecule has 1 atom stereocenters. The van der Waals surface area contributed by atoms with Gasteiger partial charge in [-0.15, -0.1) is 0 Å². The van der Waals surface area contributed by atoms with Gasteiger partial charge < -0.3 is 25.0 Å². The molecule has 0 radical (unpaired) electrons. The van der Waals surface area contributed by atoms with Crippen molar-refractivity contribution in [3.05, 3.63) is 136 Å². The molecule has 8 nitrogen and oxygen atoms in total. The first-order chi connectivity index (χ1) is 24.2. The van der Waals surface area contributed by atoms with E-state index in [-0.39, 0.29) is 18.0 Å². The summed E-state index contributed by atoms with van der Waals surface area (Å²) < 4.78 is 0. The lowest BCUT2D eigenvalue weighted by atomic mass is 9.95. The van der Waals surface area contributed by atoms with E-state index < -0.39 is 0 Å². The third-order valence-electron chi connectivity index (χ3n) is 9.55. The highest BCUT2D eigenvalue weighted by Gasteiger charge is 2.30. The van der Waals surface area contributed by atoms with Crippen molar-refractivity contribution in [2.75, 3.05) is 30.4 Å². The Kier molecular flexibility index (Phi) is 10.6. The summed E-state index contributed by atoms with van der Waals surface area (Å²) in [6.07, 6.45) is 6.03. The Morgan fingerprint density at radius 1 is 1.02 bits per heavy atom. The van der Waals surface area contributed by atoms with E-state index in [9.17, 15) is 9.59 Å². The summed E-state index contributed by atoms with van der Waals surface area (Å²) in [5.41, 5.74) is 6.25. The zero-order valence-corrected chi connectivity index (χ0v) is 29.9. The molecule has 2 N–H and O–H groups in total. The van der Waals surface area contributed by atoms with Crippen LogP contribution in [0.1, 0.15) is 59.9 Å². The van der Waals surface area contributed by atoms with Gasteiger partial charge >= 0.3 is 0 Å². The molecule has 2 aromatic heterocycles. The fourth-order valence-corrected chi connectivity index (χ4v) is 7.07. The summed E-state index contributed by atoms with van der Waals surface area (Å²) in [6, 6.07) is 27.2. The minimum atomic E-state index is -0.321. The summed E-state index contributed by atoms with van der Waals surface area (Å²) in [5.74, 6) is 0.368. The van der Waals surface area contributed by atoms with E-state index in [0.29, 0.717) is 40.3 Å². The van der Waals surface area contributed by atoms with Gasteiger partial charge in [0, 0.05) is 58.9 Å². The number of allylic oxidation sites excluding steroid dienone is 1. The Bertz CT molecular complexity index is 2030. The number of hydrogen-bond acceptors (Lipinski definition) is 5. The van der Waals surface area contributed by atoms with Gasteiger partial charge in [0.25, 0.3) is 5.91 Å². The SMILES string of the molecule is C=CN(/C(=C(\C)c1ccccc1)c1c(C(=O)Nc2cccnc2N2CCC(N(C)C=O)CC2)[nH]c2cc(Cl)ccc12)C(C)c1ccc(Cl)cc1. The van der Waals surface area contributed by atoms with Crippen LogP contribution < -0.4 is 10.2 Å². The van der Waals surface area contributed by atoms with E-state index in [0.717, 1.165) is 58.1 Å². The molecule has 1 aliphatic rings. The lowest BCUT2D eigenvalue weighted by Crippen LogP contribution is -2.43. The number of carbonyl (C=O) groups excluding carboxylic acids is 2. The topological polar surface area (TPSA) is 84.6 Å². The average Bonchev–Trinajstić information content (AvgIpc) is 3.52. The molecule has 0 spiro atoms. The third kappa shape index (κ3) is 7.13. The number of benzene rings is 3. The van der Waals surface area contributed by atoms with E-state index in [1.165, 1.54) is 0 Å². The number of nitrogens with zero attached hydrogens (tertiary/aromatic N) is 4. The molecule has 0 bridgehead atoms. The smallest absolute Gasteiger partial charge is 0.272 e. The maximum Gasteiger partial charge on any atom is 0.272 e. The fourth-order valence-electron chi connectivity index (χ4n) is 6.77. The standard InChI is InChI=1S/C40H40Cl2N6O2/c1-5-48(27(3)29-13-15-30(41)16-14-29)38(26(2)28-10-7-6-8-11-28)36-33-18-17-31(42)24-35(33)44-37(36)40(50)45-34-12-9-21-43-39(34)47-22-19-32(20-23-47)46(4)25-49/h5-18,21,24-25,27,32,44H,1,19-20,22-23H2,2-4H3,(H,45,50)/b38-26+. The maximum atomic E-state index is 14.6. The number of carbonyl (C=O) groups is 2. The molecule has 1 aliphatic heterocycles. The van der Waals surface area contributed by atoms with Crippen molar-refractivity contribution in [3.8, 4) is 0 Å². The number of hydrogen-bond donors (Lipinski definition) is 2. The number of rotatable bonds is 11. The number of aromatic nitrogens is 2. The predicted molar refractivity (Wildman–Crippen MR) is 205 cm³/mol. The zero-order chi connectivity index (χ0) is 35.4. The van der Waals surface area contributed by atoms with Gasteiger partial charge in [0.05, 0.1) is 17.4 Å². The van der Waals surface area contributed by atoms with Crippen molar-refractivity contribution in [1.82, 2.24) is 19.8 Å². The van der Waals surface area contributed by atoms with Crippen LogP contribution in [0.15, 0.2) is 104 Å². The Morgan fingerprint density at radius 3 is 2.40 bits per heavy atom. The molecule has 1 saturated heterocycles. The molecule has 2 amide bonds. The highest BCUT2D eigenvalue weighted by molar-refractivity contribution is 6.31. The molecule has 50 heavy (non-hydrogen) atoms. The van der Waals surface area contributed by atoms with Crippen molar-refractivity contribution in [2.45, 2.75) is 38.8 Å². The van der Waals surface area contributed by atoms with Crippen molar-refractivity contribution >= 4 is 69.2 Å². The molecular formula is C40H40Cl2N6O2. The largest absolute Gasteiger partial charge is 0.355 e. The van der Waals surface area contributed by atoms with Gasteiger partial charge in [-0.3, -0.25) is 9.59 Å². The van der Waals surface area contributed by atoms with Crippen molar-refractivity contribution in [3.63, 3.8) is 0 Å². The number of anilines is 2. The van der Waals surface area contributed by atoms with Crippen LogP contribution in [0.3, 0.4) is 0 Å². The zero-order valence-electron chi connectivity index (χ0n) is 28.4.